The second-order valence-corrected chi connectivity index (χ2v) is 9.40. The number of carbonyl (C=O) groups excluding carboxylic acids is 2. The van der Waals surface area contributed by atoms with Gasteiger partial charge in [0.1, 0.15) is 31.5 Å². The first-order valence-electron chi connectivity index (χ1n) is 12.1. The van der Waals surface area contributed by atoms with E-state index in [-0.39, 0.29) is 37.4 Å². The average Bonchev–Trinajstić information content (AvgIpc) is 2.87. The number of ether oxygens (including phenoxy) is 2. The fraction of sp³-hybridized carbons (Fsp3) is 0.385. The Hall–Kier alpha value is -3.66. The zero-order valence-corrected chi connectivity index (χ0v) is 21.4. The minimum Gasteiger partial charge on any atom is -0.490 e. The largest absolute Gasteiger partial charge is 0.490 e. The second kappa shape index (κ2) is 12.1. The molecule has 1 atom stereocenters. The Labute approximate surface area is 219 Å². The molecule has 1 aliphatic rings. The molecule has 2 bridgehead atoms. The van der Waals surface area contributed by atoms with Gasteiger partial charge in [0, 0.05) is 28.7 Å². The zero-order chi connectivity index (χ0) is 26.4. The monoisotopic (exact) mass is 529 g/mol. The molecule has 37 heavy (non-hydrogen) atoms. The van der Waals surface area contributed by atoms with Crippen molar-refractivity contribution in [3.63, 3.8) is 0 Å². The van der Waals surface area contributed by atoms with E-state index in [0.29, 0.717) is 57.5 Å². The summed E-state index contributed by atoms with van der Waals surface area (Å²) < 4.78 is 24.4. The summed E-state index contributed by atoms with van der Waals surface area (Å²) in [7, 11) is 0. The Morgan fingerprint density at radius 2 is 2.05 bits per heavy atom. The Kier molecular flexibility index (Phi) is 8.60. The fourth-order valence-corrected chi connectivity index (χ4v) is 4.16. The van der Waals surface area contributed by atoms with Crippen molar-refractivity contribution in [2.24, 2.45) is 5.92 Å². The summed E-state index contributed by atoms with van der Waals surface area (Å²) in [5, 5.41) is 10.1. The molecule has 2 aromatic carbocycles. The van der Waals surface area contributed by atoms with Crippen molar-refractivity contribution in [2.45, 2.75) is 32.7 Å². The molecule has 196 valence electrons. The minimum atomic E-state index is -0.690. The zero-order valence-electron chi connectivity index (χ0n) is 20.6. The maximum atomic E-state index is 13.0. The average molecular weight is 530 g/mol. The van der Waals surface area contributed by atoms with Gasteiger partial charge in [0.2, 0.25) is 11.8 Å². The first kappa shape index (κ1) is 26.4. The molecule has 3 aromatic rings. The van der Waals surface area contributed by atoms with E-state index in [1.807, 2.05) is 13.8 Å². The van der Waals surface area contributed by atoms with Crippen LogP contribution in [0.5, 0.6) is 11.5 Å². The van der Waals surface area contributed by atoms with Gasteiger partial charge in [0.25, 0.3) is 0 Å². The Balaban J connectivity index is 1.77. The summed E-state index contributed by atoms with van der Waals surface area (Å²) in [6.45, 7) is 3.59. The normalized spacial score (nSPS) is 16.8. The van der Waals surface area contributed by atoms with Crippen LogP contribution in [0.4, 0.5) is 15.9 Å². The smallest absolute Gasteiger partial charge is 0.242 e. The Morgan fingerprint density at radius 3 is 2.84 bits per heavy atom. The SMILES string of the molecule is CC(C)[C@@H]1NC(=O)Cc2ccc(Cl)cc2Nc2ncnc3cc(OCCF)c(cc23)OCCCNC1=O. The Bertz CT molecular complexity index is 1290. The van der Waals surface area contributed by atoms with Crippen LogP contribution in [0.2, 0.25) is 5.02 Å². The molecule has 2 heterocycles. The van der Waals surface area contributed by atoms with Gasteiger partial charge in [-0.05, 0) is 36.1 Å². The molecular formula is C26H29ClFN5O4. The molecular weight excluding hydrogens is 501 g/mol. The number of fused-ring (bicyclic) bond motifs is 2. The number of hydrogen-bond acceptors (Lipinski definition) is 7. The van der Waals surface area contributed by atoms with Crippen LogP contribution in [-0.4, -0.2) is 54.3 Å². The predicted octanol–water partition coefficient (Wildman–Crippen LogP) is 3.96. The highest BCUT2D eigenvalue weighted by Gasteiger charge is 2.24. The summed E-state index contributed by atoms with van der Waals surface area (Å²) in [4.78, 5) is 34.5. The summed E-state index contributed by atoms with van der Waals surface area (Å²) in [5.74, 6) is 0.551. The summed E-state index contributed by atoms with van der Waals surface area (Å²) in [6, 6.07) is 7.86. The molecule has 0 unspecified atom stereocenters. The highest BCUT2D eigenvalue weighted by atomic mass is 35.5. The van der Waals surface area contributed by atoms with E-state index in [2.05, 4.69) is 25.9 Å². The number of aromatic nitrogens is 2. The molecule has 2 amide bonds. The van der Waals surface area contributed by atoms with Gasteiger partial charge >= 0.3 is 0 Å². The number of alkyl halides is 1. The molecule has 4 rings (SSSR count). The maximum absolute atomic E-state index is 13.0. The van der Waals surface area contributed by atoms with E-state index in [9.17, 15) is 14.0 Å². The maximum Gasteiger partial charge on any atom is 0.242 e. The van der Waals surface area contributed by atoms with E-state index in [0.717, 1.165) is 0 Å². The lowest BCUT2D eigenvalue weighted by Crippen LogP contribution is -2.50. The third kappa shape index (κ3) is 6.56. The third-order valence-electron chi connectivity index (χ3n) is 5.86. The van der Waals surface area contributed by atoms with Gasteiger partial charge in [-0.2, -0.15) is 0 Å². The number of rotatable bonds is 4. The number of benzene rings is 2. The number of hydrogen-bond donors (Lipinski definition) is 3. The molecule has 0 fully saturated rings. The number of nitrogens with one attached hydrogen (secondary N) is 3. The molecule has 0 saturated heterocycles. The topological polar surface area (TPSA) is 114 Å². The van der Waals surface area contributed by atoms with Gasteiger partial charge in [-0.3, -0.25) is 9.59 Å². The highest BCUT2D eigenvalue weighted by Crippen LogP contribution is 2.36. The van der Waals surface area contributed by atoms with Gasteiger partial charge in [-0.1, -0.05) is 31.5 Å². The van der Waals surface area contributed by atoms with Gasteiger partial charge in [-0.15, -0.1) is 0 Å². The van der Waals surface area contributed by atoms with E-state index in [1.165, 1.54) is 6.33 Å². The second-order valence-electron chi connectivity index (χ2n) is 8.96. The molecule has 0 radical (unpaired) electrons. The van der Waals surface area contributed by atoms with Crippen LogP contribution in [0.15, 0.2) is 36.7 Å². The number of amides is 2. The van der Waals surface area contributed by atoms with Crippen LogP contribution in [0, 0.1) is 5.92 Å². The summed E-state index contributed by atoms with van der Waals surface area (Å²) >= 11 is 6.27. The van der Waals surface area contributed by atoms with Crippen molar-refractivity contribution in [1.29, 1.82) is 0 Å². The van der Waals surface area contributed by atoms with Crippen molar-refractivity contribution in [3.05, 3.63) is 47.2 Å². The number of halogens is 2. The molecule has 11 heteroatoms. The van der Waals surface area contributed by atoms with Crippen LogP contribution >= 0.6 is 11.6 Å². The predicted molar refractivity (Wildman–Crippen MR) is 139 cm³/mol. The van der Waals surface area contributed by atoms with Crippen molar-refractivity contribution in [2.75, 3.05) is 31.7 Å². The van der Waals surface area contributed by atoms with Crippen molar-refractivity contribution < 1.29 is 23.5 Å². The fourth-order valence-electron chi connectivity index (χ4n) is 3.99. The van der Waals surface area contributed by atoms with E-state index >= 15 is 0 Å². The lowest BCUT2D eigenvalue weighted by Gasteiger charge is -2.22. The van der Waals surface area contributed by atoms with Crippen molar-refractivity contribution >= 4 is 45.8 Å². The molecule has 0 saturated carbocycles. The molecule has 3 N–H and O–H groups in total. The third-order valence-corrected chi connectivity index (χ3v) is 6.09. The highest BCUT2D eigenvalue weighted by molar-refractivity contribution is 6.31. The van der Waals surface area contributed by atoms with Gasteiger partial charge in [-0.25, -0.2) is 14.4 Å². The van der Waals surface area contributed by atoms with E-state index in [1.54, 1.807) is 30.3 Å². The summed E-state index contributed by atoms with van der Waals surface area (Å²) in [6.07, 6.45) is 1.92. The lowest BCUT2D eigenvalue weighted by atomic mass is 10.0. The summed E-state index contributed by atoms with van der Waals surface area (Å²) in [5.41, 5.74) is 1.81. The number of carbonyl (C=O) groups is 2. The van der Waals surface area contributed by atoms with E-state index < -0.39 is 12.7 Å². The van der Waals surface area contributed by atoms with Crippen LogP contribution < -0.4 is 25.4 Å². The van der Waals surface area contributed by atoms with Crippen LogP contribution in [0.25, 0.3) is 10.9 Å². The van der Waals surface area contributed by atoms with Crippen molar-refractivity contribution in [1.82, 2.24) is 20.6 Å². The van der Waals surface area contributed by atoms with Crippen molar-refractivity contribution in [3.8, 4) is 11.5 Å². The van der Waals surface area contributed by atoms with Crippen LogP contribution in [0.3, 0.4) is 0 Å². The van der Waals surface area contributed by atoms with Gasteiger partial charge in [0.15, 0.2) is 11.5 Å². The van der Waals surface area contributed by atoms with Gasteiger partial charge in [0.05, 0.1) is 18.5 Å². The first-order chi connectivity index (χ1) is 17.9. The van der Waals surface area contributed by atoms with Crippen LogP contribution in [0.1, 0.15) is 25.8 Å². The molecule has 0 spiro atoms. The lowest BCUT2D eigenvalue weighted by molar-refractivity contribution is -0.129. The van der Waals surface area contributed by atoms with Gasteiger partial charge < -0.3 is 25.4 Å². The molecule has 1 aliphatic heterocycles. The standard InChI is InChI=1S/C26H29ClFN5O4/c1-15(2)24-26(35)29-7-3-8-36-21-12-18-20(13-22(21)37-9-6-28)30-14-31-25(18)32-19-11-17(27)5-4-16(19)10-23(34)33-24/h4-5,11-15,24H,3,6-10H2,1-2H3,(H,29,35)(H,33,34)(H,30,31,32)/t24-/m0/s1. The molecule has 0 aliphatic carbocycles. The van der Waals surface area contributed by atoms with E-state index in [4.69, 9.17) is 21.1 Å². The van der Waals surface area contributed by atoms with Crippen LogP contribution in [-0.2, 0) is 16.0 Å². The number of anilines is 2. The first-order valence-corrected chi connectivity index (χ1v) is 12.5. The quantitative estimate of drug-likeness (QED) is 0.468. The molecule has 9 nitrogen and oxygen atoms in total. The molecule has 1 aromatic heterocycles. The minimum absolute atomic E-state index is 0.0224. The number of nitrogens with zero attached hydrogens (tertiary/aromatic N) is 2. The Morgan fingerprint density at radius 1 is 1.22 bits per heavy atom.